The van der Waals surface area contributed by atoms with Crippen LogP contribution in [0.3, 0.4) is 0 Å². The summed E-state index contributed by atoms with van der Waals surface area (Å²) in [5, 5.41) is 2.12. The fourth-order valence-corrected chi connectivity index (χ4v) is 2.36. The molecule has 0 aliphatic rings. The smallest absolute Gasteiger partial charge is 0.172 e. The lowest BCUT2D eigenvalue weighted by Crippen LogP contribution is -2.02. The molecule has 0 atom stereocenters. The molecule has 0 amide bonds. The van der Waals surface area contributed by atoms with E-state index in [1.54, 1.807) is 7.11 Å². The number of fused-ring (bicyclic) bond motifs is 1. The summed E-state index contributed by atoms with van der Waals surface area (Å²) in [4.78, 5) is 0. The van der Waals surface area contributed by atoms with Crippen LogP contribution in [0.4, 0.5) is 0 Å². The van der Waals surface area contributed by atoms with Crippen LogP contribution in [-0.4, -0.2) is 20.3 Å². The molecule has 0 aliphatic heterocycles. The topological polar surface area (TPSA) is 27.7 Å². The van der Waals surface area contributed by atoms with Crippen molar-refractivity contribution in [3.05, 3.63) is 30.3 Å². The first-order valence-corrected chi connectivity index (χ1v) is 8.17. The molecule has 2 aromatic carbocycles. The van der Waals surface area contributed by atoms with E-state index < -0.39 is 0 Å². The van der Waals surface area contributed by atoms with Gasteiger partial charge in [0.2, 0.25) is 0 Å². The van der Waals surface area contributed by atoms with E-state index in [4.69, 9.17) is 14.2 Å². The van der Waals surface area contributed by atoms with Crippen molar-refractivity contribution in [2.75, 3.05) is 20.3 Å². The van der Waals surface area contributed by atoms with Crippen molar-refractivity contribution >= 4 is 10.8 Å². The molecule has 2 aromatic rings. The second-order valence-electron chi connectivity index (χ2n) is 5.36. The fourth-order valence-electron chi connectivity index (χ4n) is 2.36. The van der Waals surface area contributed by atoms with Gasteiger partial charge in [-0.15, -0.1) is 0 Å². The van der Waals surface area contributed by atoms with Crippen LogP contribution < -0.4 is 14.2 Å². The second kappa shape index (κ2) is 8.52. The fraction of sp³-hybridized carbons (Fsp3) is 0.474. The van der Waals surface area contributed by atoms with Gasteiger partial charge < -0.3 is 14.2 Å². The minimum Gasteiger partial charge on any atom is -0.493 e. The van der Waals surface area contributed by atoms with Gasteiger partial charge >= 0.3 is 0 Å². The lowest BCUT2D eigenvalue weighted by molar-refractivity contribution is 0.287. The van der Waals surface area contributed by atoms with Gasteiger partial charge in [-0.3, -0.25) is 0 Å². The maximum Gasteiger partial charge on any atom is 0.172 e. The van der Waals surface area contributed by atoms with Crippen LogP contribution in [0.15, 0.2) is 30.3 Å². The summed E-state index contributed by atoms with van der Waals surface area (Å²) in [6, 6.07) is 10.1. The van der Waals surface area contributed by atoms with Crippen molar-refractivity contribution in [1.29, 1.82) is 0 Å². The standard InChI is InChI=1S/C19H26O3/c1-4-6-13-21-16-10-8-9-15-11-12-17(20-3)19(18(15)16)22-14-7-5-2/h8-12H,4-7,13-14H2,1-3H3. The Bertz CT molecular complexity index is 592. The molecule has 0 spiro atoms. The van der Waals surface area contributed by atoms with Crippen LogP contribution in [-0.2, 0) is 0 Å². The third kappa shape index (κ3) is 3.85. The number of hydrogen-bond donors (Lipinski definition) is 0. The highest BCUT2D eigenvalue weighted by atomic mass is 16.5. The third-order valence-corrected chi connectivity index (χ3v) is 3.64. The highest BCUT2D eigenvalue weighted by molar-refractivity contribution is 5.95. The summed E-state index contributed by atoms with van der Waals surface area (Å²) in [5.74, 6) is 2.42. The van der Waals surface area contributed by atoms with Crippen LogP contribution in [0.25, 0.3) is 10.8 Å². The minimum absolute atomic E-state index is 0.690. The Morgan fingerprint density at radius 2 is 1.55 bits per heavy atom. The monoisotopic (exact) mass is 302 g/mol. The van der Waals surface area contributed by atoms with Crippen molar-refractivity contribution < 1.29 is 14.2 Å². The predicted molar refractivity (Wildman–Crippen MR) is 91.3 cm³/mol. The molecule has 120 valence electrons. The first-order valence-electron chi connectivity index (χ1n) is 8.17. The Balaban J connectivity index is 2.41. The average Bonchev–Trinajstić information content (AvgIpc) is 2.55. The Kier molecular flexibility index (Phi) is 6.38. The molecule has 22 heavy (non-hydrogen) atoms. The van der Waals surface area contributed by atoms with E-state index in [-0.39, 0.29) is 0 Å². The lowest BCUT2D eigenvalue weighted by atomic mass is 10.1. The molecule has 3 heteroatoms. The highest BCUT2D eigenvalue weighted by Gasteiger charge is 2.14. The Morgan fingerprint density at radius 1 is 0.818 bits per heavy atom. The number of hydrogen-bond acceptors (Lipinski definition) is 3. The van der Waals surface area contributed by atoms with Gasteiger partial charge in [0.15, 0.2) is 11.5 Å². The molecule has 0 saturated heterocycles. The highest BCUT2D eigenvalue weighted by Crippen LogP contribution is 2.41. The zero-order valence-electron chi connectivity index (χ0n) is 13.9. The van der Waals surface area contributed by atoms with Crippen LogP contribution in [0.2, 0.25) is 0 Å². The van der Waals surface area contributed by atoms with Crippen molar-refractivity contribution in [3.63, 3.8) is 0 Å². The molecule has 0 heterocycles. The van der Waals surface area contributed by atoms with E-state index in [1.807, 2.05) is 24.3 Å². The largest absolute Gasteiger partial charge is 0.493 e. The maximum atomic E-state index is 6.02. The molecule has 2 rings (SSSR count). The first-order chi connectivity index (χ1) is 10.8. The molecule has 0 unspecified atom stereocenters. The number of ether oxygens (including phenoxy) is 3. The van der Waals surface area contributed by atoms with E-state index in [1.165, 1.54) is 0 Å². The van der Waals surface area contributed by atoms with Gasteiger partial charge in [0, 0.05) is 0 Å². The molecule has 3 nitrogen and oxygen atoms in total. The summed E-state index contributed by atoms with van der Waals surface area (Å²) in [5.41, 5.74) is 0. The normalized spacial score (nSPS) is 10.7. The molecule has 0 N–H and O–H groups in total. The lowest BCUT2D eigenvalue weighted by Gasteiger charge is -2.16. The summed E-state index contributed by atoms with van der Waals surface area (Å²) in [6.07, 6.45) is 4.30. The van der Waals surface area contributed by atoms with Gasteiger partial charge in [-0.1, -0.05) is 44.9 Å². The number of methoxy groups -OCH3 is 1. The van der Waals surface area contributed by atoms with Crippen molar-refractivity contribution in [3.8, 4) is 17.2 Å². The van der Waals surface area contributed by atoms with Crippen LogP contribution in [0, 0.1) is 0 Å². The Morgan fingerprint density at radius 3 is 2.23 bits per heavy atom. The first kappa shape index (κ1) is 16.5. The number of rotatable bonds is 9. The summed E-state index contributed by atoms with van der Waals surface area (Å²) >= 11 is 0. The minimum atomic E-state index is 0.690. The number of unbranched alkanes of at least 4 members (excludes halogenated alkanes) is 2. The van der Waals surface area contributed by atoms with E-state index in [0.717, 1.165) is 60.3 Å². The molecule has 0 radical (unpaired) electrons. The van der Waals surface area contributed by atoms with Crippen molar-refractivity contribution in [1.82, 2.24) is 0 Å². The molecular weight excluding hydrogens is 276 g/mol. The molecular formula is C19H26O3. The summed E-state index contributed by atoms with van der Waals surface area (Å²) in [6.45, 7) is 5.73. The molecule has 0 aromatic heterocycles. The van der Waals surface area contributed by atoms with Crippen molar-refractivity contribution in [2.45, 2.75) is 39.5 Å². The third-order valence-electron chi connectivity index (χ3n) is 3.64. The van der Waals surface area contributed by atoms with Crippen molar-refractivity contribution in [2.24, 2.45) is 0 Å². The summed E-state index contributed by atoms with van der Waals surface area (Å²) < 4.78 is 17.5. The second-order valence-corrected chi connectivity index (χ2v) is 5.36. The SMILES string of the molecule is CCCCOc1cccc2ccc(OC)c(OCCCC)c12. The Labute approximate surface area is 133 Å². The predicted octanol–water partition coefficient (Wildman–Crippen LogP) is 5.21. The van der Waals surface area contributed by atoms with Gasteiger partial charge in [0.1, 0.15) is 5.75 Å². The van der Waals surface area contributed by atoms with E-state index >= 15 is 0 Å². The zero-order chi connectivity index (χ0) is 15.8. The van der Waals surface area contributed by atoms with Gasteiger partial charge in [0.25, 0.3) is 0 Å². The number of benzene rings is 2. The maximum absolute atomic E-state index is 6.02. The molecule has 0 aliphatic carbocycles. The van der Waals surface area contributed by atoms with Gasteiger partial charge in [0.05, 0.1) is 25.7 Å². The van der Waals surface area contributed by atoms with Crippen LogP contribution in [0.5, 0.6) is 17.2 Å². The molecule has 0 saturated carbocycles. The van der Waals surface area contributed by atoms with E-state index in [2.05, 4.69) is 19.9 Å². The zero-order valence-corrected chi connectivity index (χ0v) is 13.9. The Hall–Kier alpha value is -1.90. The van der Waals surface area contributed by atoms with E-state index in [9.17, 15) is 0 Å². The van der Waals surface area contributed by atoms with E-state index in [0.29, 0.717) is 6.61 Å². The quantitative estimate of drug-likeness (QED) is 0.595. The van der Waals surface area contributed by atoms with Gasteiger partial charge in [-0.05, 0) is 30.4 Å². The summed E-state index contributed by atoms with van der Waals surface area (Å²) in [7, 11) is 1.68. The van der Waals surface area contributed by atoms with Gasteiger partial charge in [-0.2, -0.15) is 0 Å². The van der Waals surface area contributed by atoms with Crippen LogP contribution in [0.1, 0.15) is 39.5 Å². The van der Waals surface area contributed by atoms with Crippen LogP contribution >= 0.6 is 0 Å². The van der Waals surface area contributed by atoms with Gasteiger partial charge in [-0.25, -0.2) is 0 Å². The molecule has 0 fully saturated rings. The molecule has 0 bridgehead atoms. The average molecular weight is 302 g/mol.